The van der Waals surface area contributed by atoms with Gasteiger partial charge >= 0.3 is 5.97 Å². The summed E-state index contributed by atoms with van der Waals surface area (Å²) in [5, 5.41) is 9.26. The highest BCUT2D eigenvalue weighted by molar-refractivity contribution is 5.65. The van der Waals surface area contributed by atoms with E-state index in [1.807, 2.05) is 0 Å². The first-order valence-electron chi connectivity index (χ1n) is 1.47. The van der Waals surface area contributed by atoms with E-state index in [9.17, 15) is 9.90 Å². The lowest BCUT2D eigenvalue weighted by Crippen LogP contribution is -1.83. The van der Waals surface area contributed by atoms with Gasteiger partial charge in [-0.25, -0.2) is 9.90 Å². The van der Waals surface area contributed by atoms with Gasteiger partial charge in [0.05, 0.1) is 0 Å². The summed E-state index contributed by atoms with van der Waals surface area (Å²) >= 11 is 0. The molecule has 0 saturated carbocycles. The lowest BCUT2D eigenvalue weighted by molar-refractivity contribution is -0.142. The number of rotatable bonds is 1. The third-order valence-corrected chi connectivity index (χ3v) is 0.289. The van der Waals surface area contributed by atoms with Gasteiger partial charge in [0, 0.05) is 6.42 Å². The van der Waals surface area contributed by atoms with Gasteiger partial charge in [-0.1, -0.05) is 6.92 Å². The highest BCUT2D eigenvalue weighted by Crippen LogP contribution is 1.68. The quantitative estimate of drug-likeness (QED) is 0.430. The Balaban J connectivity index is 0. The minimum absolute atomic E-state index is 0. The second-order valence-corrected chi connectivity index (χ2v) is 0.726. The summed E-state index contributed by atoms with van der Waals surface area (Å²) in [6, 6.07) is 0. The second kappa shape index (κ2) is 4.43. The van der Waals surface area contributed by atoms with E-state index >= 15 is 0 Å². The van der Waals surface area contributed by atoms with Crippen molar-refractivity contribution in [2.75, 3.05) is 0 Å². The largest absolute Gasteiger partial charge is 0.412 e. The number of carbonyl (C=O) groups excluding carboxylic acids is 1. The molecule has 2 N–H and O–H groups in total. The molecule has 0 spiro atoms. The summed E-state index contributed by atoms with van der Waals surface area (Å²) in [6.07, 6.45) is 0.111. The molecule has 0 rings (SSSR count). The van der Waals surface area contributed by atoms with Crippen LogP contribution in [-0.4, -0.2) is 11.4 Å². The maximum Gasteiger partial charge on any atom is 0.355 e. The molecule has 0 amide bonds. The molecular formula is C3H7O3. The van der Waals surface area contributed by atoms with Gasteiger partial charge in [0.25, 0.3) is 0 Å². The van der Waals surface area contributed by atoms with Gasteiger partial charge in [0.2, 0.25) is 0 Å². The van der Waals surface area contributed by atoms with Crippen molar-refractivity contribution in [3.63, 3.8) is 0 Å². The molecule has 0 aliphatic heterocycles. The summed E-state index contributed by atoms with van der Waals surface area (Å²) in [7, 11) is 0. The zero-order valence-electron chi connectivity index (χ0n) is 3.52. The van der Waals surface area contributed by atoms with Crippen LogP contribution < -0.4 is 0 Å². The molecule has 0 saturated heterocycles. The Hall–Kier alpha value is -0.570. The van der Waals surface area contributed by atoms with Gasteiger partial charge in [-0.2, -0.15) is 0 Å². The van der Waals surface area contributed by atoms with Crippen molar-refractivity contribution in [2.45, 2.75) is 13.3 Å². The molecule has 0 bridgehead atoms. The molecule has 0 atom stereocenters. The zero-order valence-corrected chi connectivity index (χ0v) is 3.52. The number of carbonyl (C=O) groups is 1. The average molecular weight is 91.1 g/mol. The van der Waals surface area contributed by atoms with Gasteiger partial charge < -0.3 is 5.48 Å². The van der Waals surface area contributed by atoms with Crippen molar-refractivity contribution in [1.82, 2.24) is 0 Å². The normalized spacial score (nSPS) is 6.17. The van der Waals surface area contributed by atoms with Crippen LogP contribution in [0.25, 0.3) is 0 Å². The van der Waals surface area contributed by atoms with Crippen LogP contribution in [-0.2, 0) is 9.90 Å². The molecule has 1 radical (unpaired) electrons. The van der Waals surface area contributed by atoms with Crippen LogP contribution in [0.1, 0.15) is 13.3 Å². The molecule has 0 aliphatic rings. The maximum atomic E-state index is 9.26. The van der Waals surface area contributed by atoms with Crippen molar-refractivity contribution >= 4 is 5.97 Å². The van der Waals surface area contributed by atoms with Crippen LogP contribution in [0, 0.1) is 0 Å². The van der Waals surface area contributed by atoms with Crippen LogP contribution >= 0.6 is 0 Å². The van der Waals surface area contributed by atoms with Gasteiger partial charge in [-0.3, -0.25) is 0 Å². The van der Waals surface area contributed by atoms with Crippen molar-refractivity contribution in [3.8, 4) is 0 Å². The molecule has 0 unspecified atom stereocenters. The molecule has 0 aromatic carbocycles. The lowest BCUT2D eigenvalue weighted by Gasteiger charge is -1.65. The topological polar surface area (TPSA) is 68.5 Å². The Labute approximate surface area is 35.9 Å². The molecule has 0 aromatic heterocycles. The fraction of sp³-hybridized carbons (Fsp3) is 0.667. The molecule has 0 aliphatic carbocycles. The van der Waals surface area contributed by atoms with E-state index in [-0.39, 0.29) is 11.9 Å². The van der Waals surface area contributed by atoms with Gasteiger partial charge in [-0.15, -0.1) is 0 Å². The summed E-state index contributed by atoms with van der Waals surface area (Å²) in [5.74, 6) is -0.995. The van der Waals surface area contributed by atoms with Crippen LogP contribution in [0.5, 0.6) is 0 Å². The third-order valence-electron chi connectivity index (χ3n) is 0.289. The van der Waals surface area contributed by atoms with Gasteiger partial charge in [-0.05, 0) is 0 Å². The van der Waals surface area contributed by atoms with E-state index in [2.05, 4.69) is 0 Å². The van der Waals surface area contributed by atoms with E-state index in [0.29, 0.717) is 0 Å². The maximum absolute atomic E-state index is 9.26. The Morgan fingerprint density at radius 1 is 1.67 bits per heavy atom. The minimum Gasteiger partial charge on any atom is -0.412 e. The first-order valence-corrected chi connectivity index (χ1v) is 1.47. The fourth-order valence-electron chi connectivity index (χ4n) is 0. The predicted octanol–water partition coefficient (Wildman–Crippen LogP) is -0.471. The molecule has 37 valence electrons. The lowest BCUT2D eigenvalue weighted by atomic mass is 10.5. The van der Waals surface area contributed by atoms with Crippen LogP contribution in [0.2, 0.25) is 0 Å². The van der Waals surface area contributed by atoms with Crippen molar-refractivity contribution in [3.05, 3.63) is 0 Å². The zero-order chi connectivity index (χ0) is 4.28. The predicted molar refractivity (Wildman–Crippen MR) is 19.6 cm³/mol. The number of hydrogen-bond acceptors (Lipinski definition) is 1. The minimum atomic E-state index is -0.995. The van der Waals surface area contributed by atoms with E-state index < -0.39 is 5.97 Å². The Morgan fingerprint density at radius 2 is 1.83 bits per heavy atom. The Bertz CT molecular complexity index is 41.3. The van der Waals surface area contributed by atoms with E-state index in [0.717, 1.165) is 0 Å². The van der Waals surface area contributed by atoms with Crippen LogP contribution in [0.4, 0.5) is 0 Å². The summed E-state index contributed by atoms with van der Waals surface area (Å²) < 4.78 is 0. The standard InChI is InChI=1S/C3H5O2.H2O/c1-2-3(4)5;/h2H2,1H3;1H2. The molecule has 0 heterocycles. The summed E-state index contributed by atoms with van der Waals surface area (Å²) in [6.45, 7) is 1.54. The monoisotopic (exact) mass is 91.0 g/mol. The van der Waals surface area contributed by atoms with Gasteiger partial charge in [0.1, 0.15) is 0 Å². The summed E-state index contributed by atoms with van der Waals surface area (Å²) in [4.78, 5) is 9.26. The second-order valence-electron chi connectivity index (χ2n) is 0.726. The van der Waals surface area contributed by atoms with Crippen molar-refractivity contribution < 1.29 is 15.4 Å². The Morgan fingerprint density at radius 3 is 1.83 bits per heavy atom. The van der Waals surface area contributed by atoms with E-state index in [4.69, 9.17) is 0 Å². The molecule has 0 fully saturated rings. The third kappa shape index (κ3) is 9.90. The molecule has 6 heavy (non-hydrogen) atoms. The fourth-order valence-corrected chi connectivity index (χ4v) is 0. The highest BCUT2D eigenvalue weighted by atomic mass is 16.4. The van der Waals surface area contributed by atoms with Crippen LogP contribution in [0.15, 0.2) is 0 Å². The molecule has 3 nitrogen and oxygen atoms in total. The molecule has 3 heteroatoms. The first kappa shape index (κ1) is 9.06. The SMILES string of the molecule is CCC([O])=O.O. The summed E-state index contributed by atoms with van der Waals surface area (Å²) in [5.41, 5.74) is 0. The van der Waals surface area contributed by atoms with E-state index in [1.54, 1.807) is 0 Å². The molecular weight excluding hydrogens is 84.0 g/mol. The van der Waals surface area contributed by atoms with Crippen LogP contribution in [0.3, 0.4) is 0 Å². The highest BCUT2D eigenvalue weighted by Gasteiger charge is 1.85. The average Bonchev–Trinajstić information content (AvgIpc) is 1.38. The van der Waals surface area contributed by atoms with Gasteiger partial charge in [0.15, 0.2) is 0 Å². The number of hydrogen-bond donors (Lipinski definition) is 0. The van der Waals surface area contributed by atoms with E-state index in [1.165, 1.54) is 6.92 Å². The Kier molecular flexibility index (Phi) is 6.69. The molecule has 0 aromatic rings. The van der Waals surface area contributed by atoms with Crippen molar-refractivity contribution in [2.24, 2.45) is 0 Å². The first-order chi connectivity index (χ1) is 2.27. The smallest absolute Gasteiger partial charge is 0.355 e. The van der Waals surface area contributed by atoms with Crippen molar-refractivity contribution in [1.29, 1.82) is 0 Å².